The highest BCUT2D eigenvalue weighted by Gasteiger charge is 2.25. The maximum absolute atomic E-state index is 13.1. The fraction of sp³-hybridized carbons (Fsp3) is 0.571. The zero-order valence-corrected chi connectivity index (χ0v) is 10.9. The Bertz CT molecular complexity index is 391. The van der Waals surface area contributed by atoms with E-state index in [4.69, 9.17) is 9.47 Å². The minimum Gasteiger partial charge on any atom is -0.493 e. The monoisotopic (exact) mass is 253 g/mol. The number of nitrogens with one attached hydrogen (secondary N) is 1. The normalized spacial score (nSPS) is 20.7. The molecule has 100 valence electrons. The average molecular weight is 253 g/mol. The van der Waals surface area contributed by atoms with E-state index in [1.165, 1.54) is 19.2 Å². The van der Waals surface area contributed by atoms with E-state index in [1.807, 2.05) is 0 Å². The van der Waals surface area contributed by atoms with Crippen LogP contribution in [-0.4, -0.2) is 26.3 Å². The molecule has 1 aromatic rings. The lowest BCUT2D eigenvalue weighted by Gasteiger charge is -2.24. The van der Waals surface area contributed by atoms with E-state index in [1.54, 1.807) is 6.07 Å². The number of benzene rings is 1. The SMILES string of the molecule is CC[C@H](Oc1ccc(F)cc1OC)C1CCNC1. The van der Waals surface area contributed by atoms with Crippen LogP contribution in [-0.2, 0) is 0 Å². The molecule has 2 rings (SSSR count). The Kier molecular flexibility index (Phi) is 4.42. The van der Waals surface area contributed by atoms with Gasteiger partial charge in [0.2, 0.25) is 0 Å². The minimum atomic E-state index is -0.310. The summed E-state index contributed by atoms with van der Waals surface area (Å²) in [5, 5.41) is 3.34. The summed E-state index contributed by atoms with van der Waals surface area (Å²) in [4.78, 5) is 0. The topological polar surface area (TPSA) is 30.5 Å². The summed E-state index contributed by atoms with van der Waals surface area (Å²) in [6, 6.07) is 4.39. The summed E-state index contributed by atoms with van der Waals surface area (Å²) < 4.78 is 24.3. The third-order valence-electron chi connectivity index (χ3n) is 3.43. The van der Waals surface area contributed by atoms with Crippen molar-refractivity contribution in [3.05, 3.63) is 24.0 Å². The van der Waals surface area contributed by atoms with Crippen LogP contribution >= 0.6 is 0 Å². The number of methoxy groups -OCH3 is 1. The summed E-state index contributed by atoms with van der Waals surface area (Å²) in [5.74, 6) is 1.29. The highest BCUT2D eigenvalue weighted by atomic mass is 19.1. The van der Waals surface area contributed by atoms with Gasteiger partial charge >= 0.3 is 0 Å². The van der Waals surface area contributed by atoms with E-state index in [0.29, 0.717) is 17.4 Å². The van der Waals surface area contributed by atoms with Gasteiger partial charge in [0, 0.05) is 18.5 Å². The summed E-state index contributed by atoms with van der Waals surface area (Å²) in [5.41, 5.74) is 0. The second kappa shape index (κ2) is 6.05. The molecular weight excluding hydrogens is 233 g/mol. The van der Waals surface area contributed by atoms with E-state index in [-0.39, 0.29) is 11.9 Å². The molecule has 1 unspecified atom stereocenters. The zero-order valence-electron chi connectivity index (χ0n) is 10.9. The first-order valence-corrected chi connectivity index (χ1v) is 6.45. The molecule has 0 spiro atoms. The van der Waals surface area contributed by atoms with Gasteiger partial charge < -0.3 is 14.8 Å². The molecule has 0 bridgehead atoms. The molecular formula is C14H20FNO2. The fourth-order valence-electron chi connectivity index (χ4n) is 2.41. The van der Waals surface area contributed by atoms with Crippen molar-refractivity contribution in [2.45, 2.75) is 25.9 Å². The van der Waals surface area contributed by atoms with Gasteiger partial charge in [-0.3, -0.25) is 0 Å². The van der Waals surface area contributed by atoms with E-state index in [9.17, 15) is 4.39 Å². The van der Waals surface area contributed by atoms with Gasteiger partial charge in [0.15, 0.2) is 11.5 Å². The standard InChI is InChI=1S/C14H20FNO2/c1-3-12(10-6-7-16-9-10)18-13-5-4-11(15)8-14(13)17-2/h4-5,8,10,12,16H,3,6-7,9H2,1-2H3/t10?,12-/m0/s1. The van der Waals surface area contributed by atoms with Crippen molar-refractivity contribution in [1.82, 2.24) is 5.32 Å². The largest absolute Gasteiger partial charge is 0.493 e. The van der Waals surface area contributed by atoms with Crippen LogP contribution in [0.3, 0.4) is 0 Å². The van der Waals surface area contributed by atoms with Crippen LogP contribution in [0.15, 0.2) is 18.2 Å². The lowest BCUT2D eigenvalue weighted by Crippen LogP contribution is -2.28. The van der Waals surface area contributed by atoms with Gasteiger partial charge in [0.1, 0.15) is 11.9 Å². The number of ether oxygens (including phenoxy) is 2. The van der Waals surface area contributed by atoms with Crippen molar-refractivity contribution in [1.29, 1.82) is 0 Å². The first-order chi connectivity index (χ1) is 8.74. The lowest BCUT2D eigenvalue weighted by atomic mass is 9.99. The number of hydrogen-bond acceptors (Lipinski definition) is 3. The highest BCUT2D eigenvalue weighted by molar-refractivity contribution is 5.40. The fourth-order valence-corrected chi connectivity index (χ4v) is 2.41. The van der Waals surface area contributed by atoms with Gasteiger partial charge in [-0.1, -0.05) is 6.92 Å². The third-order valence-corrected chi connectivity index (χ3v) is 3.43. The molecule has 1 aliphatic rings. The lowest BCUT2D eigenvalue weighted by molar-refractivity contribution is 0.133. The molecule has 4 heteroatoms. The van der Waals surface area contributed by atoms with Gasteiger partial charge in [-0.05, 0) is 31.5 Å². The molecule has 18 heavy (non-hydrogen) atoms. The highest BCUT2D eigenvalue weighted by Crippen LogP contribution is 2.31. The Morgan fingerprint density at radius 2 is 2.28 bits per heavy atom. The predicted octanol–water partition coefficient (Wildman–Crippen LogP) is 2.60. The van der Waals surface area contributed by atoms with Crippen molar-refractivity contribution in [2.75, 3.05) is 20.2 Å². The maximum atomic E-state index is 13.1. The second-order valence-corrected chi connectivity index (χ2v) is 4.61. The molecule has 1 heterocycles. The number of hydrogen-bond donors (Lipinski definition) is 1. The summed E-state index contributed by atoms with van der Waals surface area (Å²) >= 11 is 0. The molecule has 1 N–H and O–H groups in total. The van der Waals surface area contributed by atoms with Gasteiger partial charge in [-0.15, -0.1) is 0 Å². The van der Waals surface area contributed by atoms with Crippen LogP contribution in [0.4, 0.5) is 4.39 Å². The Morgan fingerprint density at radius 1 is 1.44 bits per heavy atom. The van der Waals surface area contributed by atoms with Crippen molar-refractivity contribution in [2.24, 2.45) is 5.92 Å². The third kappa shape index (κ3) is 2.93. The molecule has 0 saturated carbocycles. The van der Waals surface area contributed by atoms with Gasteiger partial charge in [-0.25, -0.2) is 4.39 Å². The van der Waals surface area contributed by atoms with E-state index in [0.717, 1.165) is 25.9 Å². The van der Waals surface area contributed by atoms with Crippen molar-refractivity contribution in [3.63, 3.8) is 0 Å². The van der Waals surface area contributed by atoms with Crippen LogP contribution in [0.25, 0.3) is 0 Å². The molecule has 1 saturated heterocycles. The zero-order chi connectivity index (χ0) is 13.0. The summed E-state index contributed by atoms with van der Waals surface area (Å²) in [6.45, 7) is 4.14. The van der Waals surface area contributed by atoms with Crippen molar-refractivity contribution in [3.8, 4) is 11.5 Å². The molecule has 1 aromatic carbocycles. The Balaban J connectivity index is 2.10. The minimum absolute atomic E-state index is 0.152. The number of rotatable bonds is 5. The Hall–Kier alpha value is -1.29. The van der Waals surface area contributed by atoms with Crippen LogP contribution in [0.2, 0.25) is 0 Å². The Labute approximate surface area is 107 Å². The second-order valence-electron chi connectivity index (χ2n) is 4.61. The first-order valence-electron chi connectivity index (χ1n) is 6.45. The molecule has 0 aromatic heterocycles. The first kappa shape index (κ1) is 13.1. The molecule has 1 aliphatic heterocycles. The molecule has 0 aliphatic carbocycles. The van der Waals surface area contributed by atoms with E-state index in [2.05, 4.69) is 12.2 Å². The van der Waals surface area contributed by atoms with Crippen molar-refractivity contribution < 1.29 is 13.9 Å². The van der Waals surface area contributed by atoms with Gasteiger partial charge in [0.25, 0.3) is 0 Å². The quantitative estimate of drug-likeness (QED) is 0.875. The van der Waals surface area contributed by atoms with Crippen molar-refractivity contribution >= 4 is 0 Å². The van der Waals surface area contributed by atoms with Crippen LogP contribution in [0, 0.1) is 11.7 Å². The molecule has 0 radical (unpaired) electrons. The van der Waals surface area contributed by atoms with E-state index >= 15 is 0 Å². The summed E-state index contributed by atoms with van der Waals surface area (Å²) in [6.07, 6.45) is 2.22. The molecule has 0 amide bonds. The van der Waals surface area contributed by atoms with Gasteiger partial charge in [0.05, 0.1) is 7.11 Å². The van der Waals surface area contributed by atoms with Crippen LogP contribution in [0.1, 0.15) is 19.8 Å². The maximum Gasteiger partial charge on any atom is 0.163 e. The smallest absolute Gasteiger partial charge is 0.163 e. The number of halogens is 1. The predicted molar refractivity (Wildman–Crippen MR) is 68.6 cm³/mol. The summed E-state index contributed by atoms with van der Waals surface area (Å²) in [7, 11) is 1.53. The van der Waals surface area contributed by atoms with Crippen LogP contribution in [0.5, 0.6) is 11.5 Å². The Morgan fingerprint density at radius 3 is 2.89 bits per heavy atom. The van der Waals surface area contributed by atoms with E-state index < -0.39 is 0 Å². The molecule has 3 nitrogen and oxygen atoms in total. The molecule has 2 atom stereocenters. The molecule has 1 fully saturated rings. The van der Waals surface area contributed by atoms with Gasteiger partial charge in [-0.2, -0.15) is 0 Å². The average Bonchev–Trinajstić information content (AvgIpc) is 2.91. The van der Waals surface area contributed by atoms with Crippen LogP contribution < -0.4 is 14.8 Å².